The smallest absolute Gasteiger partial charge is 0.271 e. The van der Waals surface area contributed by atoms with Crippen LogP contribution in [0.2, 0.25) is 0 Å². The Hall–Kier alpha value is -1.56. The first-order valence-corrected chi connectivity index (χ1v) is 8.96. The van der Waals surface area contributed by atoms with Crippen LogP contribution in [0.15, 0.2) is 23.1 Å². The number of hydrogen-bond donors (Lipinski definition) is 3. The molecule has 0 heterocycles. The van der Waals surface area contributed by atoms with Gasteiger partial charge in [0.2, 0.25) is 10.0 Å². The van der Waals surface area contributed by atoms with E-state index in [0.717, 1.165) is 18.2 Å². The molecule has 2 unspecified atom stereocenters. The molecule has 0 aromatic heterocycles. The number of non-ortho nitro benzene ring substituents is 1. The van der Waals surface area contributed by atoms with Gasteiger partial charge in [-0.05, 0) is 13.0 Å². The molecular formula is C10H16N4O5S2. The maximum absolute atomic E-state index is 12.2. The zero-order valence-corrected chi connectivity index (χ0v) is 13.0. The average molecular weight is 336 g/mol. The van der Waals surface area contributed by atoms with Crippen LogP contribution < -0.4 is 16.0 Å². The van der Waals surface area contributed by atoms with Crippen LogP contribution in [-0.2, 0) is 20.8 Å². The zero-order chi connectivity index (χ0) is 16.2. The summed E-state index contributed by atoms with van der Waals surface area (Å²) in [5, 5.41) is 10.7. The number of rotatable bonds is 7. The van der Waals surface area contributed by atoms with Gasteiger partial charge in [0.15, 0.2) is 0 Å². The highest BCUT2D eigenvalue weighted by atomic mass is 32.2. The fourth-order valence-electron chi connectivity index (χ4n) is 1.69. The van der Waals surface area contributed by atoms with Crippen molar-refractivity contribution in [3.8, 4) is 0 Å². The minimum atomic E-state index is -3.94. The summed E-state index contributed by atoms with van der Waals surface area (Å²) < 4.78 is 37.8. The largest absolute Gasteiger partial charge is 0.323 e. The summed E-state index contributed by atoms with van der Waals surface area (Å²) in [6.45, 7) is 1.57. The Bertz CT molecular complexity index is 661. The first-order chi connectivity index (χ1) is 9.67. The molecule has 0 aliphatic heterocycles. The summed E-state index contributed by atoms with van der Waals surface area (Å²) in [5.41, 5.74) is 1.74. The highest BCUT2D eigenvalue weighted by Crippen LogP contribution is 2.25. The third-order valence-electron chi connectivity index (χ3n) is 2.46. The Morgan fingerprint density at radius 3 is 2.57 bits per heavy atom. The SMILES string of the molecule is CC(CS(C)=O)NS(=O)(=O)c1ccc([N+](=O)[O-])cc1NN. The molecule has 0 amide bonds. The fraction of sp³-hybridized carbons (Fsp3) is 0.400. The van der Waals surface area contributed by atoms with E-state index in [1.807, 2.05) is 0 Å². The minimum Gasteiger partial charge on any atom is -0.323 e. The van der Waals surface area contributed by atoms with Crippen molar-refractivity contribution in [2.24, 2.45) is 5.84 Å². The van der Waals surface area contributed by atoms with E-state index in [2.05, 4.69) is 10.1 Å². The van der Waals surface area contributed by atoms with Gasteiger partial charge in [0.1, 0.15) is 4.90 Å². The molecule has 21 heavy (non-hydrogen) atoms. The number of nitrogens with one attached hydrogen (secondary N) is 2. The lowest BCUT2D eigenvalue weighted by molar-refractivity contribution is -0.384. The molecule has 0 radical (unpaired) electrons. The fourth-order valence-corrected chi connectivity index (χ4v) is 3.98. The number of anilines is 1. The number of nitro groups is 1. The highest BCUT2D eigenvalue weighted by molar-refractivity contribution is 7.89. The monoisotopic (exact) mass is 336 g/mol. The Kier molecular flexibility index (Phi) is 5.78. The minimum absolute atomic E-state index is 0.0958. The van der Waals surface area contributed by atoms with Gasteiger partial charge in [-0.3, -0.25) is 20.2 Å². The van der Waals surface area contributed by atoms with Crippen LogP contribution in [-0.4, -0.2) is 35.6 Å². The van der Waals surface area contributed by atoms with Crippen molar-refractivity contribution in [2.45, 2.75) is 17.9 Å². The van der Waals surface area contributed by atoms with Crippen LogP contribution in [0.5, 0.6) is 0 Å². The molecule has 0 saturated carbocycles. The standard InChI is InChI=1S/C10H16N4O5S2/c1-7(6-20(2)17)13-21(18,19)10-4-3-8(14(15)16)5-9(10)12-11/h3-5,7,12-13H,6,11H2,1-2H3. The summed E-state index contributed by atoms with van der Waals surface area (Å²) in [6.07, 6.45) is 1.46. The molecule has 0 saturated heterocycles. The van der Waals surface area contributed by atoms with Crippen LogP contribution in [0, 0.1) is 10.1 Å². The van der Waals surface area contributed by atoms with E-state index in [9.17, 15) is 22.7 Å². The Balaban J connectivity index is 3.13. The number of nitrogens with zero attached hydrogens (tertiary/aromatic N) is 1. The van der Waals surface area contributed by atoms with Crippen molar-refractivity contribution < 1.29 is 17.6 Å². The maximum Gasteiger partial charge on any atom is 0.271 e. The van der Waals surface area contributed by atoms with Gasteiger partial charge in [-0.2, -0.15) is 0 Å². The van der Waals surface area contributed by atoms with Gasteiger partial charge in [-0.15, -0.1) is 0 Å². The van der Waals surface area contributed by atoms with Crippen molar-refractivity contribution in [2.75, 3.05) is 17.4 Å². The molecule has 11 heteroatoms. The second kappa shape index (κ2) is 6.93. The Labute approximate surface area is 124 Å². The van der Waals surface area contributed by atoms with E-state index in [-0.39, 0.29) is 22.0 Å². The average Bonchev–Trinajstić information content (AvgIpc) is 2.35. The summed E-state index contributed by atoms with van der Waals surface area (Å²) in [6, 6.07) is 2.63. The van der Waals surface area contributed by atoms with Crippen molar-refractivity contribution in [3.05, 3.63) is 28.3 Å². The van der Waals surface area contributed by atoms with Gasteiger partial charge in [-0.25, -0.2) is 13.1 Å². The van der Waals surface area contributed by atoms with E-state index < -0.39 is 31.8 Å². The zero-order valence-electron chi connectivity index (χ0n) is 11.4. The maximum atomic E-state index is 12.2. The van der Waals surface area contributed by atoms with Crippen molar-refractivity contribution in [1.82, 2.24) is 4.72 Å². The molecule has 9 nitrogen and oxygen atoms in total. The van der Waals surface area contributed by atoms with Crippen LogP contribution in [0.4, 0.5) is 11.4 Å². The summed E-state index contributed by atoms with van der Waals surface area (Å²) in [5.74, 6) is 5.36. The first-order valence-electron chi connectivity index (χ1n) is 5.74. The van der Waals surface area contributed by atoms with Gasteiger partial charge >= 0.3 is 0 Å². The molecule has 2 atom stereocenters. The molecule has 0 fully saturated rings. The number of sulfonamides is 1. The van der Waals surface area contributed by atoms with Gasteiger partial charge in [0.25, 0.3) is 5.69 Å². The van der Waals surface area contributed by atoms with Crippen LogP contribution in [0.3, 0.4) is 0 Å². The molecule has 118 valence electrons. The Morgan fingerprint density at radius 2 is 2.10 bits per heavy atom. The highest BCUT2D eigenvalue weighted by Gasteiger charge is 2.23. The normalized spacial score (nSPS) is 14.4. The number of benzene rings is 1. The lowest BCUT2D eigenvalue weighted by atomic mass is 10.3. The summed E-state index contributed by atoms with van der Waals surface area (Å²) >= 11 is 0. The topological polar surface area (TPSA) is 144 Å². The Morgan fingerprint density at radius 1 is 1.48 bits per heavy atom. The van der Waals surface area contributed by atoms with Gasteiger partial charge < -0.3 is 5.43 Å². The van der Waals surface area contributed by atoms with E-state index >= 15 is 0 Å². The number of nitrogens with two attached hydrogens (primary N) is 1. The molecule has 1 rings (SSSR count). The second-order valence-electron chi connectivity index (χ2n) is 4.34. The van der Waals surface area contributed by atoms with Gasteiger partial charge in [-0.1, -0.05) is 0 Å². The van der Waals surface area contributed by atoms with Crippen molar-refractivity contribution in [1.29, 1.82) is 0 Å². The van der Waals surface area contributed by atoms with Gasteiger partial charge in [0, 0.05) is 41.0 Å². The number of nitrogen functional groups attached to an aromatic ring is 1. The van der Waals surface area contributed by atoms with E-state index in [1.54, 1.807) is 6.92 Å². The lowest BCUT2D eigenvalue weighted by Crippen LogP contribution is -2.36. The van der Waals surface area contributed by atoms with Crippen molar-refractivity contribution in [3.63, 3.8) is 0 Å². The third kappa shape index (κ3) is 4.74. The molecule has 1 aromatic rings. The molecule has 4 N–H and O–H groups in total. The first kappa shape index (κ1) is 17.5. The molecule has 0 aliphatic carbocycles. The van der Waals surface area contributed by atoms with Gasteiger partial charge in [0.05, 0.1) is 10.6 Å². The van der Waals surface area contributed by atoms with Crippen molar-refractivity contribution >= 4 is 32.2 Å². The summed E-state index contributed by atoms with van der Waals surface area (Å²) in [4.78, 5) is 9.79. The predicted molar refractivity (Wildman–Crippen MR) is 79.6 cm³/mol. The number of hydrogen-bond acceptors (Lipinski definition) is 7. The number of hydrazine groups is 1. The predicted octanol–water partition coefficient (Wildman–Crippen LogP) is -0.0743. The van der Waals surface area contributed by atoms with E-state index in [0.29, 0.717) is 0 Å². The lowest BCUT2D eigenvalue weighted by Gasteiger charge is -2.15. The summed E-state index contributed by atoms with van der Waals surface area (Å²) in [7, 11) is -5.10. The second-order valence-corrected chi connectivity index (χ2v) is 7.51. The third-order valence-corrected chi connectivity index (χ3v) is 5.08. The molecular weight excluding hydrogens is 320 g/mol. The quantitative estimate of drug-likeness (QED) is 0.359. The van der Waals surface area contributed by atoms with E-state index in [4.69, 9.17) is 5.84 Å². The number of nitro benzene ring substituents is 1. The molecule has 0 aliphatic rings. The van der Waals surface area contributed by atoms with Crippen LogP contribution in [0.1, 0.15) is 6.92 Å². The molecule has 0 bridgehead atoms. The molecule has 0 spiro atoms. The van der Waals surface area contributed by atoms with Crippen LogP contribution >= 0.6 is 0 Å². The van der Waals surface area contributed by atoms with E-state index in [1.165, 1.54) is 6.26 Å². The molecule has 1 aromatic carbocycles. The van der Waals surface area contributed by atoms with Crippen LogP contribution in [0.25, 0.3) is 0 Å².